The summed E-state index contributed by atoms with van der Waals surface area (Å²) in [6.45, 7) is 0.380. The Balaban J connectivity index is 1.44. The van der Waals surface area contributed by atoms with Crippen molar-refractivity contribution in [2.24, 2.45) is 23.7 Å². The third kappa shape index (κ3) is 2.37. The predicted molar refractivity (Wildman–Crippen MR) is 77.5 cm³/mol. The summed E-state index contributed by atoms with van der Waals surface area (Å²) < 4.78 is 6.66. The third-order valence-corrected chi connectivity index (χ3v) is 5.66. The SMILES string of the molecule is COCn1ccc(C(=O)NC2C3CC4CC(C3)CC2C4)n1. The Morgan fingerprint density at radius 3 is 2.57 bits per heavy atom. The number of aromatic nitrogens is 2. The molecule has 114 valence electrons. The minimum atomic E-state index is -0.0256. The average Bonchev–Trinajstić information content (AvgIpc) is 2.91. The molecule has 21 heavy (non-hydrogen) atoms. The van der Waals surface area contributed by atoms with E-state index in [-0.39, 0.29) is 5.91 Å². The van der Waals surface area contributed by atoms with E-state index in [4.69, 9.17) is 4.74 Å². The van der Waals surface area contributed by atoms with E-state index < -0.39 is 0 Å². The van der Waals surface area contributed by atoms with Gasteiger partial charge in [0.1, 0.15) is 12.4 Å². The van der Waals surface area contributed by atoms with E-state index in [9.17, 15) is 4.79 Å². The monoisotopic (exact) mass is 289 g/mol. The fourth-order valence-electron chi connectivity index (χ4n) is 5.07. The number of carbonyl (C=O) groups is 1. The molecule has 5 nitrogen and oxygen atoms in total. The Morgan fingerprint density at radius 1 is 1.29 bits per heavy atom. The lowest BCUT2D eigenvalue weighted by molar-refractivity contribution is -0.0120. The number of ether oxygens (including phenoxy) is 1. The zero-order valence-electron chi connectivity index (χ0n) is 12.5. The summed E-state index contributed by atoms with van der Waals surface area (Å²) in [7, 11) is 1.62. The molecule has 1 amide bonds. The number of nitrogens with zero attached hydrogens (tertiary/aromatic N) is 2. The van der Waals surface area contributed by atoms with Crippen LogP contribution in [0.2, 0.25) is 0 Å². The lowest BCUT2D eigenvalue weighted by atomic mass is 9.54. The van der Waals surface area contributed by atoms with Crippen molar-refractivity contribution in [3.63, 3.8) is 0 Å². The van der Waals surface area contributed by atoms with Crippen molar-refractivity contribution in [2.45, 2.75) is 44.9 Å². The van der Waals surface area contributed by atoms with Crippen molar-refractivity contribution in [3.05, 3.63) is 18.0 Å². The molecule has 4 fully saturated rings. The van der Waals surface area contributed by atoms with Crippen LogP contribution in [0.4, 0.5) is 0 Å². The largest absolute Gasteiger partial charge is 0.362 e. The minimum absolute atomic E-state index is 0.0256. The first-order chi connectivity index (χ1) is 10.2. The molecule has 0 spiro atoms. The molecule has 5 heteroatoms. The maximum atomic E-state index is 12.4. The normalized spacial score (nSPS) is 36.9. The molecule has 1 aromatic heterocycles. The first-order valence-electron chi connectivity index (χ1n) is 8.06. The van der Waals surface area contributed by atoms with Crippen LogP contribution in [0, 0.1) is 23.7 Å². The second-order valence-electron chi connectivity index (χ2n) is 7.09. The van der Waals surface area contributed by atoms with Gasteiger partial charge in [-0.15, -0.1) is 0 Å². The van der Waals surface area contributed by atoms with Crippen molar-refractivity contribution in [1.82, 2.24) is 15.1 Å². The van der Waals surface area contributed by atoms with E-state index in [0.717, 1.165) is 11.8 Å². The number of methoxy groups -OCH3 is 1. The fourth-order valence-corrected chi connectivity index (χ4v) is 5.07. The van der Waals surface area contributed by atoms with Crippen LogP contribution in [-0.2, 0) is 11.5 Å². The Bertz CT molecular complexity index is 511. The summed E-state index contributed by atoms with van der Waals surface area (Å²) in [5, 5.41) is 7.54. The summed E-state index contributed by atoms with van der Waals surface area (Å²) in [6, 6.07) is 2.14. The Kier molecular flexibility index (Phi) is 3.25. The van der Waals surface area contributed by atoms with E-state index in [2.05, 4.69) is 10.4 Å². The molecular weight excluding hydrogens is 266 g/mol. The van der Waals surface area contributed by atoms with Crippen molar-refractivity contribution in [2.75, 3.05) is 7.11 Å². The summed E-state index contributed by atoms with van der Waals surface area (Å²) in [5.74, 6) is 3.24. The van der Waals surface area contributed by atoms with Gasteiger partial charge < -0.3 is 10.1 Å². The lowest BCUT2D eigenvalue weighted by Gasteiger charge is -2.54. The van der Waals surface area contributed by atoms with Gasteiger partial charge in [-0.3, -0.25) is 4.79 Å². The van der Waals surface area contributed by atoms with Crippen LogP contribution < -0.4 is 5.32 Å². The van der Waals surface area contributed by atoms with Gasteiger partial charge in [-0.05, 0) is 61.8 Å². The second-order valence-corrected chi connectivity index (χ2v) is 7.09. The van der Waals surface area contributed by atoms with Gasteiger partial charge >= 0.3 is 0 Å². The van der Waals surface area contributed by atoms with Crippen LogP contribution in [0.15, 0.2) is 12.3 Å². The molecule has 0 unspecified atom stereocenters. The molecule has 4 bridgehead atoms. The average molecular weight is 289 g/mol. The number of nitrogens with one attached hydrogen (secondary N) is 1. The number of hydrogen-bond acceptors (Lipinski definition) is 3. The summed E-state index contributed by atoms with van der Waals surface area (Å²) in [4.78, 5) is 12.4. The molecule has 0 atom stereocenters. The summed E-state index contributed by atoms with van der Waals surface area (Å²) >= 11 is 0. The fraction of sp³-hybridized carbons (Fsp3) is 0.750. The first kappa shape index (κ1) is 13.3. The molecular formula is C16H23N3O2. The van der Waals surface area contributed by atoms with Crippen LogP contribution >= 0.6 is 0 Å². The Hall–Kier alpha value is -1.36. The Labute approximate surface area is 125 Å². The van der Waals surface area contributed by atoms with E-state index in [1.165, 1.54) is 32.1 Å². The van der Waals surface area contributed by atoms with E-state index in [0.29, 0.717) is 30.3 Å². The standard InChI is InChI=1S/C16H23N3O2/c1-21-9-19-3-2-14(18-19)16(20)17-15-12-5-10-4-11(7-12)8-13(15)6-10/h2-3,10-13,15H,4-9H2,1H3,(H,17,20). The molecule has 0 saturated heterocycles. The van der Waals surface area contributed by atoms with Gasteiger partial charge in [0.05, 0.1) is 0 Å². The highest BCUT2D eigenvalue weighted by Crippen LogP contribution is 2.53. The van der Waals surface area contributed by atoms with Gasteiger partial charge in [-0.2, -0.15) is 5.10 Å². The van der Waals surface area contributed by atoms with E-state index in [1.807, 2.05) is 0 Å². The molecule has 1 aromatic rings. The quantitative estimate of drug-likeness (QED) is 0.923. The molecule has 4 aliphatic carbocycles. The second kappa shape index (κ2) is 5.13. The lowest BCUT2D eigenvalue weighted by Crippen LogP contribution is -2.55. The van der Waals surface area contributed by atoms with Crippen molar-refractivity contribution in [1.29, 1.82) is 0 Å². The van der Waals surface area contributed by atoms with Crippen LogP contribution in [0.3, 0.4) is 0 Å². The summed E-state index contributed by atoms with van der Waals surface area (Å²) in [6.07, 6.45) is 8.49. The number of hydrogen-bond donors (Lipinski definition) is 1. The maximum Gasteiger partial charge on any atom is 0.272 e. The van der Waals surface area contributed by atoms with Crippen LogP contribution in [0.25, 0.3) is 0 Å². The van der Waals surface area contributed by atoms with Crippen LogP contribution in [-0.4, -0.2) is 28.8 Å². The Morgan fingerprint density at radius 2 is 1.95 bits per heavy atom. The van der Waals surface area contributed by atoms with Gasteiger partial charge in [0.15, 0.2) is 0 Å². The third-order valence-electron chi connectivity index (χ3n) is 5.66. The molecule has 4 saturated carbocycles. The smallest absolute Gasteiger partial charge is 0.272 e. The van der Waals surface area contributed by atoms with Crippen molar-refractivity contribution < 1.29 is 9.53 Å². The molecule has 1 heterocycles. The van der Waals surface area contributed by atoms with Crippen molar-refractivity contribution in [3.8, 4) is 0 Å². The number of carbonyl (C=O) groups excluding carboxylic acids is 1. The summed E-state index contributed by atoms with van der Waals surface area (Å²) in [5.41, 5.74) is 0.501. The highest BCUT2D eigenvalue weighted by atomic mass is 16.5. The zero-order valence-corrected chi connectivity index (χ0v) is 12.5. The molecule has 4 aliphatic rings. The first-order valence-corrected chi connectivity index (χ1v) is 8.06. The molecule has 0 aromatic carbocycles. The highest BCUT2D eigenvalue weighted by Gasteiger charge is 2.48. The number of rotatable bonds is 4. The topological polar surface area (TPSA) is 56.1 Å². The van der Waals surface area contributed by atoms with Gasteiger partial charge in [-0.25, -0.2) is 4.68 Å². The van der Waals surface area contributed by atoms with Crippen molar-refractivity contribution >= 4 is 5.91 Å². The van der Waals surface area contributed by atoms with E-state index >= 15 is 0 Å². The van der Waals surface area contributed by atoms with E-state index in [1.54, 1.807) is 24.1 Å². The van der Waals surface area contributed by atoms with Gasteiger partial charge in [0.25, 0.3) is 5.91 Å². The maximum absolute atomic E-state index is 12.4. The van der Waals surface area contributed by atoms with Crippen LogP contribution in [0.5, 0.6) is 0 Å². The van der Waals surface area contributed by atoms with Gasteiger partial charge in [-0.1, -0.05) is 0 Å². The molecule has 0 radical (unpaired) electrons. The predicted octanol–water partition coefficient (Wildman–Crippen LogP) is 2.04. The zero-order chi connectivity index (χ0) is 14.4. The molecule has 5 rings (SSSR count). The minimum Gasteiger partial charge on any atom is -0.362 e. The number of amides is 1. The van der Waals surface area contributed by atoms with Gasteiger partial charge in [0, 0.05) is 19.3 Å². The van der Waals surface area contributed by atoms with Crippen LogP contribution in [0.1, 0.15) is 42.6 Å². The molecule has 1 N–H and O–H groups in total. The molecule has 0 aliphatic heterocycles. The highest BCUT2D eigenvalue weighted by molar-refractivity contribution is 5.92. The van der Waals surface area contributed by atoms with Gasteiger partial charge in [0.2, 0.25) is 0 Å².